The summed E-state index contributed by atoms with van der Waals surface area (Å²) in [5, 5.41) is 4.14. The zero-order chi connectivity index (χ0) is 19.2. The third-order valence-electron chi connectivity index (χ3n) is 4.53. The van der Waals surface area contributed by atoms with Crippen LogP contribution in [0.3, 0.4) is 0 Å². The van der Waals surface area contributed by atoms with Gasteiger partial charge in [-0.2, -0.15) is 0 Å². The molecule has 3 rings (SSSR count). The molecular weight excluding hydrogens is 345 g/mol. The van der Waals surface area contributed by atoms with Crippen molar-refractivity contribution in [2.75, 3.05) is 26.7 Å². The number of benzene rings is 2. The van der Waals surface area contributed by atoms with Gasteiger partial charge in [0.15, 0.2) is 0 Å². The number of nitrogens with zero attached hydrogens (tertiary/aromatic N) is 1. The van der Waals surface area contributed by atoms with Crippen molar-refractivity contribution >= 4 is 16.9 Å². The average molecular weight is 369 g/mol. The molecule has 2 amide bonds. The highest BCUT2D eigenvalue weighted by molar-refractivity contribution is 5.84. The SMILES string of the molecule is Cc1[nH]c2ccccc2c1CCNC(=O)N(C)CCOc1ccc(F)cc1. The number of aromatic nitrogens is 1. The van der Waals surface area contributed by atoms with Gasteiger partial charge in [-0.3, -0.25) is 0 Å². The van der Waals surface area contributed by atoms with Crippen molar-refractivity contribution in [3.05, 3.63) is 65.6 Å². The summed E-state index contributed by atoms with van der Waals surface area (Å²) in [4.78, 5) is 17.2. The average Bonchev–Trinajstić information content (AvgIpc) is 2.98. The molecule has 6 heteroatoms. The van der Waals surface area contributed by atoms with Crippen LogP contribution < -0.4 is 10.1 Å². The van der Waals surface area contributed by atoms with Crippen molar-refractivity contribution in [3.8, 4) is 5.75 Å². The standard InChI is InChI=1S/C21H24FN3O2/c1-15-18(19-5-3-4-6-20(19)24-15)11-12-23-21(26)25(2)13-14-27-17-9-7-16(22)8-10-17/h3-10,24H,11-14H2,1-2H3,(H,23,26). The lowest BCUT2D eigenvalue weighted by Gasteiger charge is -2.18. The lowest BCUT2D eigenvalue weighted by molar-refractivity contribution is 0.195. The van der Waals surface area contributed by atoms with Gasteiger partial charge in [0.2, 0.25) is 0 Å². The Morgan fingerprint density at radius 1 is 1.19 bits per heavy atom. The number of urea groups is 1. The maximum atomic E-state index is 12.9. The second kappa shape index (κ2) is 8.58. The second-order valence-corrected chi connectivity index (χ2v) is 6.48. The van der Waals surface area contributed by atoms with Gasteiger partial charge in [0.1, 0.15) is 18.2 Å². The van der Waals surface area contributed by atoms with Gasteiger partial charge in [0.25, 0.3) is 0 Å². The number of para-hydroxylation sites is 1. The largest absolute Gasteiger partial charge is 0.492 e. The fourth-order valence-electron chi connectivity index (χ4n) is 3.02. The van der Waals surface area contributed by atoms with Crippen molar-refractivity contribution < 1.29 is 13.9 Å². The van der Waals surface area contributed by atoms with Crippen LogP contribution in [0.5, 0.6) is 5.75 Å². The van der Waals surface area contributed by atoms with Gasteiger partial charge < -0.3 is 19.9 Å². The molecule has 2 aromatic carbocycles. The highest BCUT2D eigenvalue weighted by atomic mass is 19.1. The van der Waals surface area contributed by atoms with Crippen molar-refractivity contribution in [1.29, 1.82) is 0 Å². The maximum Gasteiger partial charge on any atom is 0.317 e. The molecule has 0 bridgehead atoms. The van der Waals surface area contributed by atoms with E-state index in [0.29, 0.717) is 25.4 Å². The topological polar surface area (TPSA) is 57.4 Å². The van der Waals surface area contributed by atoms with E-state index in [9.17, 15) is 9.18 Å². The molecular formula is C21H24FN3O2. The Morgan fingerprint density at radius 3 is 2.70 bits per heavy atom. The molecule has 0 unspecified atom stereocenters. The van der Waals surface area contributed by atoms with E-state index in [1.54, 1.807) is 24.1 Å². The minimum absolute atomic E-state index is 0.143. The Hall–Kier alpha value is -3.02. The molecule has 0 fully saturated rings. The molecule has 1 aromatic heterocycles. The maximum absolute atomic E-state index is 12.9. The van der Waals surface area contributed by atoms with Crippen molar-refractivity contribution in [3.63, 3.8) is 0 Å². The van der Waals surface area contributed by atoms with Gasteiger partial charge in [-0.1, -0.05) is 18.2 Å². The van der Waals surface area contributed by atoms with E-state index in [2.05, 4.69) is 29.4 Å². The van der Waals surface area contributed by atoms with Gasteiger partial charge in [-0.15, -0.1) is 0 Å². The minimum Gasteiger partial charge on any atom is -0.492 e. The summed E-state index contributed by atoms with van der Waals surface area (Å²) in [6, 6.07) is 13.9. The number of hydrogen-bond acceptors (Lipinski definition) is 2. The molecule has 27 heavy (non-hydrogen) atoms. The number of carbonyl (C=O) groups excluding carboxylic acids is 1. The third-order valence-corrected chi connectivity index (χ3v) is 4.53. The van der Waals surface area contributed by atoms with Gasteiger partial charge >= 0.3 is 6.03 Å². The van der Waals surface area contributed by atoms with Crippen molar-refractivity contribution in [1.82, 2.24) is 15.2 Å². The van der Waals surface area contributed by atoms with Crippen LogP contribution in [0.2, 0.25) is 0 Å². The van der Waals surface area contributed by atoms with Crippen LogP contribution in [0.4, 0.5) is 9.18 Å². The zero-order valence-corrected chi connectivity index (χ0v) is 15.6. The van der Waals surface area contributed by atoms with Crippen LogP contribution in [0.1, 0.15) is 11.3 Å². The number of hydrogen-bond donors (Lipinski definition) is 2. The van der Waals surface area contributed by atoms with E-state index in [0.717, 1.165) is 17.6 Å². The van der Waals surface area contributed by atoms with Crippen LogP contribution in [0.25, 0.3) is 10.9 Å². The number of fused-ring (bicyclic) bond motifs is 1. The molecule has 5 nitrogen and oxygen atoms in total. The second-order valence-electron chi connectivity index (χ2n) is 6.48. The van der Waals surface area contributed by atoms with E-state index in [1.165, 1.54) is 23.1 Å². The number of likely N-dealkylation sites (N-methyl/N-ethyl adjacent to an activating group) is 1. The molecule has 0 radical (unpaired) electrons. The molecule has 0 saturated carbocycles. The minimum atomic E-state index is -0.302. The van der Waals surface area contributed by atoms with Gasteiger partial charge in [-0.25, -0.2) is 9.18 Å². The molecule has 0 aliphatic heterocycles. The van der Waals surface area contributed by atoms with Crippen LogP contribution in [0.15, 0.2) is 48.5 Å². The number of ether oxygens (including phenoxy) is 1. The first kappa shape index (κ1) is 18.8. The number of nitrogens with one attached hydrogen (secondary N) is 2. The van der Waals surface area contributed by atoms with Crippen LogP contribution >= 0.6 is 0 Å². The third kappa shape index (κ3) is 4.78. The Bertz CT molecular complexity index is 905. The summed E-state index contributed by atoms with van der Waals surface area (Å²) in [7, 11) is 1.72. The number of carbonyl (C=O) groups is 1. The van der Waals surface area contributed by atoms with Gasteiger partial charge in [-0.05, 0) is 49.2 Å². The molecule has 0 aliphatic carbocycles. The number of aromatic amines is 1. The number of H-pyrrole nitrogens is 1. The first-order valence-corrected chi connectivity index (χ1v) is 8.98. The Balaban J connectivity index is 1.43. The Morgan fingerprint density at radius 2 is 1.93 bits per heavy atom. The van der Waals surface area contributed by atoms with Crippen LogP contribution in [-0.4, -0.2) is 42.7 Å². The smallest absolute Gasteiger partial charge is 0.317 e. The number of amides is 2. The van der Waals surface area contributed by atoms with E-state index < -0.39 is 0 Å². The summed E-state index contributed by atoms with van der Waals surface area (Å²) < 4.78 is 18.4. The highest BCUT2D eigenvalue weighted by Crippen LogP contribution is 2.21. The molecule has 142 valence electrons. The lowest BCUT2D eigenvalue weighted by Crippen LogP contribution is -2.40. The number of aryl methyl sites for hydroxylation is 1. The monoisotopic (exact) mass is 369 g/mol. The molecule has 2 N–H and O–H groups in total. The summed E-state index contributed by atoms with van der Waals surface area (Å²) in [6.07, 6.45) is 0.765. The fourth-order valence-corrected chi connectivity index (χ4v) is 3.02. The normalized spacial score (nSPS) is 10.8. The molecule has 3 aromatic rings. The highest BCUT2D eigenvalue weighted by Gasteiger charge is 2.11. The number of halogens is 1. The van der Waals surface area contributed by atoms with E-state index in [1.807, 2.05) is 12.1 Å². The first-order chi connectivity index (χ1) is 13.0. The van der Waals surface area contributed by atoms with Crippen LogP contribution in [0, 0.1) is 12.7 Å². The predicted molar refractivity (Wildman–Crippen MR) is 105 cm³/mol. The molecule has 0 atom stereocenters. The summed E-state index contributed by atoms with van der Waals surface area (Å²) >= 11 is 0. The summed E-state index contributed by atoms with van der Waals surface area (Å²) in [5.41, 5.74) is 3.48. The molecule has 0 aliphatic rings. The Labute approximate surface area is 158 Å². The summed E-state index contributed by atoms with van der Waals surface area (Å²) in [5.74, 6) is 0.282. The van der Waals surface area contributed by atoms with Gasteiger partial charge in [0.05, 0.1) is 6.54 Å². The number of rotatable bonds is 7. The van der Waals surface area contributed by atoms with Crippen LogP contribution in [-0.2, 0) is 6.42 Å². The summed E-state index contributed by atoms with van der Waals surface area (Å²) in [6.45, 7) is 3.40. The quantitative estimate of drug-likeness (QED) is 0.664. The predicted octanol–water partition coefficient (Wildman–Crippen LogP) is 3.88. The Kier molecular flexibility index (Phi) is 5.96. The van der Waals surface area contributed by atoms with Crippen molar-refractivity contribution in [2.45, 2.75) is 13.3 Å². The fraction of sp³-hybridized carbons (Fsp3) is 0.286. The van der Waals surface area contributed by atoms with E-state index >= 15 is 0 Å². The van der Waals surface area contributed by atoms with E-state index in [-0.39, 0.29) is 11.8 Å². The molecule has 0 spiro atoms. The first-order valence-electron chi connectivity index (χ1n) is 8.98. The lowest BCUT2D eigenvalue weighted by atomic mass is 10.1. The molecule has 0 saturated heterocycles. The van der Waals surface area contributed by atoms with Crippen molar-refractivity contribution in [2.24, 2.45) is 0 Å². The zero-order valence-electron chi connectivity index (χ0n) is 15.6. The van der Waals surface area contributed by atoms with E-state index in [4.69, 9.17) is 4.74 Å². The van der Waals surface area contributed by atoms with Gasteiger partial charge in [0, 0.05) is 30.2 Å². The molecule has 1 heterocycles.